The van der Waals surface area contributed by atoms with Crippen LogP contribution >= 0.6 is 0 Å². The number of aromatic nitrogens is 3. The number of hydrogen-bond donors (Lipinski definition) is 0. The minimum absolute atomic E-state index is 0.00246. The van der Waals surface area contributed by atoms with Crippen LogP contribution in [0.2, 0.25) is 0 Å². The number of nitrogens with zero attached hydrogens (tertiary/aromatic N) is 4. The third-order valence-electron chi connectivity index (χ3n) is 5.71. The molecule has 1 atom stereocenters. The Morgan fingerprint density at radius 2 is 1.86 bits per heavy atom. The molecular formula is C24H30N4O. The molecule has 152 valence electrons. The summed E-state index contributed by atoms with van der Waals surface area (Å²) in [6.07, 6.45) is 4.74. The summed E-state index contributed by atoms with van der Waals surface area (Å²) < 4.78 is 2.04. The second kappa shape index (κ2) is 9.03. The molecule has 0 aliphatic rings. The first-order valence-corrected chi connectivity index (χ1v) is 10.1. The number of carbonyl (C=O) groups excluding carboxylic acids is 1. The van der Waals surface area contributed by atoms with Gasteiger partial charge >= 0.3 is 0 Å². The van der Waals surface area contributed by atoms with Crippen LogP contribution in [0, 0.1) is 20.8 Å². The van der Waals surface area contributed by atoms with E-state index in [4.69, 9.17) is 5.10 Å². The highest BCUT2D eigenvalue weighted by atomic mass is 16.2. The summed E-state index contributed by atoms with van der Waals surface area (Å²) in [7, 11) is 1.86. The SMILES string of the molecule is Cc1ccc(Cn2nc(C)c(CCC(=O)N(C)C(C)c3cccnc3)c2C)cc1. The molecule has 0 radical (unpaired) electrons. The van der Waals surface area contributed by atoms with E-state index in [9.17, 15) is 4.79 Å². The maximum atomic E-state index is 12.8. The molecular weight excluding hydrogens is 360 g/mol. The fourth-order valence-corrected chi connectivity index (χ4v) is 3.59. The molecule has 5 heteroatoms. The van der Waals surface area contributed by atoms with Crippen LogP contribution in [0.4, 0.5) is 0 Å². The van der Waals surface area contributed by atoms with Crippen molar-refractivity contribution in [2.45, 2.75) is 53.1 Å². The first-order valence-electron chi connectivity index (χ1n) is 10.1. The van der Waals surface area contributed by atoms with E-state index in [2.05, 4.69) is 43.1 Å². The van der Waals surface area contributed by atoms with E-state index in [1.165, 1.54) is 16.7 Å². The summed E-state index contributed by atoms with van der Waals surface area (Å²) in [6, 6.07) is 12.4. The average molecular weight is 391 g/mol. The fourth-order valence-electron chi connectivity index (χ4n) is 3.59. The quantitative estimate of drug-likeness (QED) is 0.601. The van der Waals surface area contributed by atoms with E-state index in [1.807, 2.05) is 43.9 Å². The lowest BCUT2D eigenvalue weighted by Crippen LogP contribution is -2.30. The van der Waals surface area contributed by atoms with Gasteiger partial charge in [-0.25, -0.2) is 0 Å². The normalized spacial score (nSPS) is 12.0. The van der Waals surface area contributed by atoms with Gasteiger partial charge in [0.15, 0.2) is 0 Å². The van der Waals surface area contributed by atoms with Crippen LogP contribution in [0.15, 0.2) is 48.8 Å². The standard InChI is InChI=1S/C24H30N4O/c1-17-8-10-21(11-9-17)16-28-20(4)23(18(2)26-28)12-13-24(29)27(5)19(3)22-7-6-14-25-15-22/h6-11,14-15,19H,12-13,16H2,1-5H3. The van der Waals surface area contributed by atoms with Gasteiger partial charge in [0, 0.05) is 31.6 Å². The molecule has 0 saturated carbocycles. The lowest BCUT2D eigenvalue weighted by molar-refractivity contribution is -0.131. The number of rotatable bonds is 7. The van der Waals surface area contributed by atoms with Gasteiger partial charge in [-0.05, 0) is 56.9 Å². The highest BCUT2D eigenvalue weighted by Crippen LogP contribution is 2.21. The predicted molar refractivity (Wildman–Crippen MR) is 116 cm³/mol. The van der Waals surface area contributed by atoms with E-state index in [0.29, 0.717) is 12.8 Å². The Hall–Kier alpha value is -2.95. The highest BCUT2D eigenvalue weighted by Gasteiger charge is 2.19. The molecule has 1 amide bonds. The van der Waals surface area contributed by atoms with E-state index < -0.39 is 0 Å². The lowest BCUT2D eigenvalue weighted by Gasteiger charge is -2.25. The molecule has 1 aromatic carbocycles. The van der Waals surface area contributed by atoms with Crippen molar-refractivity contribution in [2.24, 2.45) is 0 Å². The smallest absolute Gasteiger partial charge is 0.223 e. The minimum Gasteiger partial charge on any atom is -0.339 e. The Labute approximate surface area is 173 Å². The van der Waals surface area contributed by atoms with Gasteiger partial charge in [0.2, 0.25) is 5.91 Å². The van der Waals surface area contributed by atoms with Crippen molar-refractivity contribution in [1.82, 2.24) is 19.7 Å². The number of carbonyl (C=O) groups is 1. The van der Waals surface area contributed by atoms with Crippen LogP contribution < -0.4 is 0 Å². The van der Waals surface area contributed by atoms with Gasteiger partial charge in [0.05, 0.1) is 18.3 Å². The summed E-state index contributed by atoms with van der Waals surface area (Å²) >= 11 is 0. The molecule has 3 aromatic rings. The monoisotopic (exact) mass is 390 g/mol. The third kappa shape index (κ3) is 4.91. The van der Waals surface area contributed by atoms with Gasteiger partial charge in [-0.1, -0.05) is 35.9 Å². The third-order valence-corrected chi connectivity index (χ3v) is 5.71. The molecule has 1 unspecified atom stereocenters. The lowest BCUT2D eigenvalue weighted by atomic mass is 10.1. The summed E-state index contributed by atoms with van der Waals surface area (Å²) in [5, 5.41) is 4.72. The second-order valence-electron chi connectivity index (χ2n) is 7.76. The van der Waals surface area contributed by atoms with Gasteiger partial charge in [-0.2, -0.15) is 5.10 Å². The van der Waals surface area contributed by atoms with Crippen LogP contribution in [-0.4, -0.2) is 32.6 Å². The summed E-state index contributed by atoms with van der Waals surface area (Å²) in [6.45, 7) is 8.99. The van der Waals surface area contributed by atoms with Gasteiger partial charge in [-0.15, -0.1) is 0 Å². The summed E-state index contributed by atoms with van der Waals surface area (Å²) in [5.41, 5.74) is 6.85. The van der Waals surface area contributed by atoms with E-state index in [0.717, 1.165) is 23.5 Å². The molecule has 0 saturated heterocycles. The Kier molecular flexibility index (Phi) is 6.47. The van der Waals surface area contributed by atoms with E-state index in [1.54, 1.807) is 11.1 Å². The van der Waals surface area contributed by atoms with E-state index >= 15 is 0 Å². The zero-order valence-electron chi connectivity index (χ0n) is 18.0. The predicted octanol–water partition coefficient (Wildman–Crippen LogP) is 4.40. The van der Waals surface area contributed by atoms with Crippen molar-refractivity contribution >= 4 is 5.91 Å². The number of pyridine rings is 1. The maximum Gasteiger partial charge on any atom is 0.223 e. The number of amides is 1. The zero-order chi connectivity index (χ0) is 21.0. The average Bonchev–Trinajstić information content (AvgIpc) is 3.00. The molecule has 0 fully saturated rings. The van der Waals surface area contributed by atoms with Crippen molar-refractivity contribution in [2.75, 3.05) is 7.05 Å². The molecule has 0 bridgehead atoms. The van der Waals surface area contributed by atoms with Gasteiger partial charge < -0.3 is 4.90 Å². The fraction of sp³-hybridized carbons (Fsp3) is 0.375. The summed E-state index contributed by atoms with van der Waals surface area (Å²) in [4.78, 5) is 18.7. The number of hydrogen-bond acceptors (Lipinski definition) is 3. The molecule has 0 aliphatic heterocycles. The van der Waals surface area contributed by atoms with Crippen LogP contribution in [0.3, 0.4) is 0 Å². The maximum absolute atomic E-state index is 12.8. The molecule has 2 aromatic heterocycles. The first kappa shape index (κ1) is 20.8. The van der Waals surface area contributed by atoms with Gasteiger partial charge in [0.25, 0.3) is 0 Å². The van der Waals surface area contributed by atoms with Gasteiger partial charge in [0.1, 0.15) is 0 Å². The molecule has 5 nitrogen and oxygen atoms in total. The van der Waals surface area contributed by atoms with Crippen LogP contribution in [0.1, 0.15) is 53.0 Å². The topological polar surface area (TPSA) is 51.0 Å². The Bertz CT molecular complexity index is 961. The molecule has 0 N–H and O–H groups in total. The Morgan fingerprint density at radius 1 is 1.14 bits per heavy atom. The van der Waals surface area contributed by atoms with Crippen molar-refractivity contribution in [1.29, 1.82) is 0 Å². The Morgan fingerprint density at radius 3 is 2.52 bits per heavy atom. The summed E-state index contributed by atoms with van der Waals surface area (Å²) in [5.74, 6) is 0.131. The molecule has 2 heterocycles. The zero-order valence-corrected chi connectivity index (χ0v) is 18.0. The molecule has 29 heavy (non-hydrogen) atoms. The first-order chi connectivity index (χ1) is 13.9. The van der Waals surface area contributed by atoms with Crippen LogP contribution in [0.25, 0.3) is 0 Å². The Balaban J connectivity index is 1.65. The number of aryl methyl sites for hydroxylation is 2. The second-order valence-corrected chi connectivity index (χ2v) is 7.76. The van der Waals surface area contributed by atoms with Crippen molar-refractivity contribution in [3.05, 3.63) is 82.4 Å². The highest BCUT2D eigenvalue weighted by molar-refractivity contribution is 5.76. The minimum atomic E-state index is 0.00246. The molecule has 0 aliphatic carbocycles. The molecule has 3 rings (SSSR count). The van der Waals surface area contributed by atoms with Crippen LogP contribution in [0.5, 0.6) is 0 Å². The van der Waals surface area contributed by atoms with Crippen molar-refractivity contribution in [3.8, 4) is 0 Å². The number of benzene rings is 1. The molecule has 0 spiro atoms. The van der Waals surface area contributed by atoms with E-state index in [-0.39, 0.29) is 11.9 Å². The largest absolute Gasteiger partial charge is 0.339 e. The van der Waals surface area contributed by atoms with Crippen LogP contribution in [-0.2, 0) is 17.8 Å². The van der Waals surface area contributed by atoms with Crippen molar-refractivity contribution < 1.29 is 4.79 Å². The van der Waals surface area contributed by atoms with Crippen molar-refractivity contribution in [3.63, 3.8) is 0 Å². The van der Waals surface area contributed by atoms with Gasteiger partial charge in [-0.3, -0.25) is 14.5 Å².